The van der Waals surface area contributed by atoms with Gasteiger partial charge >= 0.3 is 0 Å². The molecule has 6 heteroatoms. The zero-order chi connectivity index (χ0) is 17.4. The van der Waals surface area contributed by atoms with Crippen molar-refractivity contribution in [1.82, 2.24) is 5.32 Å². The molecule has 0 saturated carbocycles. The van der Waals surface area contributed by atoms with Gasteiger partial charge in [0.1, 0.15) is 16.4 Å². The Morgan fingerprint density at radius 3 is 2.42 bits per heavy atom. The average molecular weight is 349 g/mol. The van der Waals surface area contributed by atoms with Gasteiger partial charge in [-0.15, -0.1) is 0 Å². The third-order valence-corrected chi connectivity index (χ3v) is 4.39. The fourth-order valence-electron chi connectivity index (χ4n) is 2.17. The minimum Gasteiger partial charge on any atom is -0.493 e. The Kier molecular flexibility index (Phi) is 6.63. The van der Waals surface area contributed by atoms with Crippen LogP contribution in [0.15, 0.2) is 48.5 Å². The van der Waals surface area contributed by atoms with Gasteiger partial charge in [-0.3, -0.25) is 0 Å². The second-order valence-electron chi connectivity index (χ2n) is 5.57. The summed E-state index contributed by atoms with van der Waals surface area (Å²) >= 11 is 0. The van der Waals surface area contributed by atoms with Crippen LogP contribution in [-0.2, 0) is 23.0 Å². The molecule has 0 unspecified atom stereocenters. The Balaban J connectivity index is 1.96. The number of nitrogens with one attached hydrogen (secondary N) is 1. The van der Waals surface area contributed by atoms with E-state index in [0.717, 1.165) is 11.1 Å². The standard InChI is InChI=1S/C18H23NO4S/c1-22-17-9-8-16(13-19-10-11-24(2,20)21)12-18(17)23-14-15-6-4-3-5-7-15/h3-9,12,19H,10-11,13-14H2,1-2H3. The number of methoxy groups -OCH3 is 1. The summed E-state index contributed by atoms with van der Waals surface area (Å²) in [6, 6.07) is 15.6. The summed E-state index contributed by atoms with van der Waals surface area (Å²) in [4.78, 5) is 0. The lowest BCUT2D eigenvalue weighted by Gasteiger charge is -2.13. The Labute approximate surface area is 143 Å². The van der Waals surface area contributed by atoms with Gasteiger partial charge in [0.15, 0.2) is 11.5 Å². The summed E-state index contributed by atoms with van der Waals surface area (Å²) in [5.74, 6) is 1.47. The van der Waals surface area contributed by atoms with Gasteiger partial charge in [0.25, 0.3) is 0 Å². The molecule has 0 heterocycles. The van der Waals surface area contributed by atoms with Crippen LogP contribution in [0.3, 0.4) is 0 Å². The number of hydrogen-bond acceptors (Lipinski definition) is 5. The van der Waals surface area contributed by atoms with Gasteiger partial charge in [0.05, 0.1) is 12.9 Å². The smallest absolute Gasteiger partial charge is 0.161 e. The molecule has 1 N–H and O–H groups in total. The van der Waals surface area contributed by atoms with E-state index in [0.29, 0.717) is 31.2 Å². The van der Waals surface area contributed by atoms with Crippen molar-refractivity contribution in [3.63, 3.8) is 0 Å². The van der Waals surface area contributed by atoms with Crippen LogP contribution >= 0.6 is 0 Å². The number of rotatable bonds is 9. The largest absolute Gasteiger partial charge is 0.493 e. The monoisotopic (exact) mass is 349 g/mol. The molecule has 5 nitrogen and oxygen atoms in total. The van der Waals surface area contributed by atoms with Crippen molar-refractivity contribution in [2.45, 2.75) is 13.2 Å². The highest BCUT2D eigenvalue weighted by atomic mass is 32.2. The second-order valence-corrected chi connectivity index (χ2v) is 7.83. The number of ether oxygens (including phenoxy) is 2. The number of benzene rings is 2. The van der Waals surface area contributed by atoms with Crippen molar-refractivity contribution < 1.29 is 17.9 Å². The van der Waals surface area contributed by atoms with Crippen LogP contribution in [0.25, 0.3) is 0 Å². The molecule has 0 atom stereocenters. The first-order valence-electron chi connectivity index (χ1n) is 7.70. The maximum atomic E-state index is 11.1. The molecule has 0 aromatic heterocycles. The minimum atomic E-state index is -2.94. The third kappa shape index (κ3) is 6.22. The molecule has 0 amide bonds. The lowest BCUT2D eigenvalue weighted by Crippen LogP contribution is -2.21. The number of hydrogen-bond donors (Lipinski definition) is 1. The molecule has 2 aromatic carbocycles. The van der Waals surface area contributed by atoms with Crippen LogP contribution in [0.1, 0.15) is 11.1 Å². The van der Waals surface area contributed by atoms with E-state index in [1.54, 1.807) is 7.11 Å². The summed E-state index contributed by atoms with van der Waals surface area (Å²) in [5.41, 5.74) is 2.09. The van der Waals surface area contributed by atoms with Gasteiger partial charge in [-0.2, -0.15) is 0 Å². The van der Waals surface area contributed by atoms with E-state index in [9.17, 15) is 8.42 Å². The predicted octanol–water partition coefficient (Wildman–Crippen LogP) is 2.41. The maximum Gasteiger partial charge on any atom is 0.161 e. The molecule has 0 fully saturated rings. The zero-order valence-electron chi connectivity index (χ0n) is 14.0. The molecule has 2 rings (SSSR count). The van der Waals surface area contributed by atoms with Crippen molar-refractivity contribution in [3.8, 4) is 11.5 Å². The molecule has 0 aliphatic carbocycles. The van der Waals surface area contributed by atoms with Crippen LogP contribution in [0.5, 0.6) is 11.5 Å². The molecular weight excluding hydrogens is 326 g/mol. The lowest BCUT2D eigenvalue weighted by atomic mass is 10.2. The van der Waals surface area contributed by atoms with Crippen LogP contribution in [0.2, 0.25) is 0 Å². The Morgan fingerprint density at radius 2 is 1.75 bits per heavy atom. The molecular formula is C18H23NO4S. The SMILES string of the molecule is COc1ccc(CNCCS(C)(=O)=O)cc1OCc1ccccc1. The third-order valence-electron chi connectivity index (χ3n) is 3.44. The topological polar surface area (TPSA) is 64.6 Å². The molecule has 0 saturated heterocycles. The molecule has 0 radical (unpaired) electrons. The van der Waals surface area contributed by atoms with Crippen molar-refractivity contribution in [2.75, 3.05) is 25.7 Å². The molecule has 0 aliphatic heterocycles. The van der Waals surface area contributed by atoms with Crippen LogP contribution in [-0.4, -0.2) is 34.1 Å². The van der Waals surface area contributed by atoms with Gasteiger partial charge in [-0.05, 0) is 23.3 Å². The van der Waals surface area contributed by atoms with Gasteiger partial charge < -0.3 is 14.8 Å². The van der Waals surface area contributed by atoms with E-state index < -0.39 is 9.84 Å². The summed E-state index contributed by atoms with van der Waals surface area (Å²) in [7, 11) is -1.34. The highest BCUT2D eigenvalue weighted by Crippen LogP contribution is 2.28. The maximum absolute atomic E-state index is 11.1. The molecule has 0 spiro atoms. The molecule has 0 aliphatic rings. The van der Waals surface area contributed by atoms with E-state index in [1.807, 2.05) is 48.5 Å². The lowest BCUT2D eigenvalue weighted by molar-refractivity contribution is 0.284. The summed E-state index contributed by atoms with van der Waals surface area (Å²) in [6.45, 7) is 1.45. The predicted molar refractivity (Wildman–Crippen MR) is 95.2 cm³/mol. The fourth-order valence-corrected chi connectivity index (χ4v) is 2.68. The van der Waals surface area contributed by atoms with Gasteiger partial charge in [-0.25, -0.2) is 8.42 Å². The van der Waals surface area contributed by atoms with E-state index in [-0.39, 0.29) is 5.75 Å². The fraction of sp³-hybridized carbons (Fsp3) is 0.333. The number of sulfone groups is 1. The van der Waals surface area contributed by atoms with Gasteiger partial charge in [-0.1, -0.05) is 36.4 Å². The van der Waals surface area contributed by atoms with Crippen LogP contribution < -0.4 is 14.8 Å². The molecule has 24 heavy (non-hydrogen) atoms. The van der Waals surface area contributed by atoms with E-state index in [4.69, 9.17) is 9.47 Å². The molecule has 130 valence electrons. The van der Waals surface area contributed by atoms with Gasteiger partial charge in [0, 0.05) is 19.3 Å². The van der Waals surface area contributed by atoms with E-state index in [2.05, 4.69) is 5.32 Å². The first-order valence-corrected chi connectivity index (χ1v) is 9.76. The van der Waals surface area contributed by atoms with Crippen molar-refractivity contribution >= 4 is 9.84 Å². The normalized spacial score (nSPS) is 11.2. The first kappa shape index (κ1) is 18.3. The Bertz CT molecular complexity index is 745. The van der Waals surface area contributed by atoms with Crippen LogP contribution in [0.4, 0.5) is 0 Å². The van der Waals surface area contributed by atoms with Crippen LogP contribution in [0, 0.1) is 0 Å². The summed E-state index contributed by atoms with van der Waals surface area (Å²) in [6.07, 6.45) is 1.23. The Morgan fingerprint density at radius 1 is 1.00 bits per heavy atom. The minimum absolute atomic E-state index is 0.126. The van der Waals surface area contributed by atoms with Gasteiger partial charge in [0.2, 0.25) is 0 Å². The van der Waals surface area contributed by atoms with Crippen molar-refractivity contribution in [2.24, 2.45) is 0 Å². The summed E-state index contributed by atoms with van der Waals surface area (Å²) < 4.78 is 33.4. The van der Waals surface area contributed by atoms with E-state index >= 15 is 0 Å². The average Bonchev–Trinajstić information content (AvgIpc) is 2.57. The first-order chi connectivity index (χ1) is 11.5. The second kappa shape index (κ2) is 8.70. The molecule has 0 bridgehead atoms. The Hall–Kier alpha value is -2.05. The van der Waals surface area contributed by atoms with Crippen molar-refractivity contribution in [1.29, 1.82) is 0 Å². The highest BCUT2D eigenvalue weighted by Gasteiger charge is 2.07. The molecule has 2 aromatic rings. The summed E-state index contributed by atoms with van der Waals surface area (Å²) in [5, 5.41) is 3.12. The zero-order valence-corrected chi connectivity index (χ0v) is 14.8. The highest BCUT2D eigenvalue weighted by molar-refractivity contribution is 7.90. The van der Waals surface area contributed by atoms with E-state index in [1.165, 1.54) is 6.26 Å². The van der Waals surface area contributed by atoms with Crippen molar-refractivity contribution in [3.05, 3.63) is 59.7 Å². The quantitative estimate of drug-likeness (QED) is 0.704.